The topological polar surface area (TPSA) is 49.4 Å². The SMILES string of the molecule is CCN(C(C)C)S(=O)(=O)c1ccc(C)c2c1CCCN2. The summed E-state index contributed by atoms with van der Waals surface area (Å²) in [6, 6.07) is 3.64. The van der Waals surface area contributed by atoms with E-state index in [0.717, 1.165) is 36.2 Å². The maximum Gasteiger partial charge on any atom is 0.243 e. The van der Waals surface area contributed by atoms with Gasteiger partial charge in [0.2, 0.25) is 10.0 Å². The van der Waals surface area contributed by atoms with Crippen LogP contribution in [0.3, 0.4) is 0 Å². The van der Waals surface area contributed by atoms with Crippen LogP contribution in [0.25, 0.3) is 0 Å². The van der Waals surface area contributed by atoms with Crippen LogP contribution < -0.4 is 5.32 Å². The first-order chi connectivity index (χ1) is 9.39. The van der Waals surface area contributed by atoms with Gasteiger partial charge in [0.05, 0.1) is 4.90 Å². The minimum atomic E-state index is -3.42. The monoisotopic (exact) mass is 296 g/mol. The number of hydrogen-bond acceptors (Lipinski definition) is 3. The van der Waals surface area contributed by atoms with Crippen LogP contribution in [0.5, 0.6) is 0 Å². The first-order valence-electron chi connectivity index (χ1n) is 7.27. The maximum absolute atomic E-state index is 12.9. The lowest BCUT2D eigenvalue weighted by Crippen LogP contribution is -2.37. The molecule has 1 aromatic rings. The Hall–Kier alpha value is -1.07. The first kappa shape index (κ1) is 15.3. The Morgan fingerprint density at radius 1 is 1.35 bits per heavy atom. The zero-order chi connectivity index (χ0) is 14.9. The lowest BCUT2D eigenvalue weighted by Gasteiger charge is -2.28. The predicted molar refractivity (Wildman–Crippen MR) is 82.7 cm³/mol. The second-order valence-corrected chi connectivity index (χ2v) is 7.43. The fourth-order valence-corrected chi connectivity index (χ4v) is 4.80. The number of anilines is 1. The van der Waals surface area contributed by atoms with Crippen molar-refractivity contribution in [2.75, 3.05) is 18.4 Å². The summed E-state index contributed by atoms with van der Waals surface area (Å²) in [5.74, 6) is 0. The summed E-state index contributed by atoms with van der Waals surface area (Å²) in [4.78, 5) is 0.473. The normalized spacial score (nSPS) is 15.3. The average molecular weight is 296 g/mol. The molecule has 0 saturated carbocycles. The van der Waals surface area contributed by atoms with Crippen molar-refractivity contribution in [1.82, 2.24) is 4.31 Å². The third-order valence-electron chi connectivity index (χ3n) is 3.86. The molecule has 20 heavy (non-hydrogen) atoms. The van der Waals surface area contributed by atoms with Crippen LogP contribution >= 0.6 is 0 Å². The Labute approximate surface area is 122 Å². The Morgan fingerprint density at radius 2 is 2.05 bits per heavy atom. The van der Waals surface area contributed by atoms with Crippen molar-refractivity contribution >= 4 is 15.7 Å². The lowest BCUT2D eigenvalue weighted by molar-refractivity contribution is 0.368. The van der Waals surface area contributed by atoms with Crippen molar-refractivity contribution in [3.05, 3.63) is 23.3 Å². The Morgan fingerprint density at radius 3 is 2.65 bits per heavy atom. The summed E-state index contributed by atoms with van der Waals surface area (Å²) in [5, 5.41) is 3.35. The number of sulfonamides is 1. The van der Waals surface area contributed by atoms with Crippen molar-refractivity contribution in [2.45, 2.75) is 51.5 Å². The van der Waals surface area contributed by atoms with Crippen LogP contribution in [-0.4, -0.2) is 31.9 Å². The highest BCUT2D eigenvalue weighted by atomic mass is 32.2. The smallest absolute Gasteiger partial charge is 0.243 e. The molecule has 0 bridgehead atoms. The van der Waals surface area contributed by atoms with Gasteiger partial charge in [-0.3, -0.25) is 0 Å². The van der Waals surface area contributed by atoms with Crippen molar-refractivity contribution < 1.29 is 8.42 Å². The van der Waals surface area contributed by atoms with Crippen molar-refractivity contribution in [1.29, 1.82) is 0 Å². The van der Waals surface area contributed by atoms with Gasteiger partial charge in [0.15, 0.2) is 0 Å². The van der Waals surface area contributed by atoms with E-state index in [0.29, 0.717) is 11.4 Å². The summed E-state index contributed by atoms with van der Waals surface area (Å²) >= 11 is 0. The molecule has 0 atom stereocenters. The molecule has 1 N–H and O–H groups in total. The molecule has 0 unspecified atom stereocenters. The first-order valence-corrected chi connectivity index (χ1v) is 8.71. The van der Waals surface area contributed by atoms with Crippen LogP contribution in [0.4, 0.5) is 5.69 Å². The van der Waals surface area contributed by atoms with Crippen LogP contribution in [-0.2, 0) is 16.4 Å². The maximum atomic E-state index is 12.9. The zero-order valence-corrected chi connectivity index (χ0v) is 13.5. The van der Waals surface area contributed by atoms with Gasteiger partial charge in [-0.1, -0.05) is 13.0 Å². The summed E-state index contributed by atoms with van der Waals surface area (Å²) in [7, 11) is -3.42. The van der Waals surface area contributed by atoms with Crippen LogP contribution in [0, 0.1) is 6.92 Å². The third-order valence-corrected chi connectivity index (χ3v) is 6.09. The molecule has 5 heteroatoms. The van der Waals surface area contributed by atoms with Crippen LogP contribution in [0.1, 0.15) is 38.3 Å². The van der Waals surface area contributed by atoms with Gasteiger partial charge in [-0.15, -0.1) is 0 Å². The van der Waals surface area contributed by atoms with Crippen molar-refractivity contribution in [3.8, 4) is 0 Å². The molecule has 1 aromatic carbocycles. The molecule has 1 heterocycles. The Bertz CT molecular complexity index is 594. The third kappa shape index (κ3) is 2.56. The van der Waals surface area contributed by atoms with Gasteiger partial charge in [0.25, 0.3) is 0 Å². The number of rotatable bonds is 4. The molecule has 1 aliphatic rings. The molecule has 0 spiro atoms. The van der Waals surface area contributed by atoms with Gasteiger partial charge < -0.3 is 5.32 Å². The minimum Gasteiger partial charge on any atom is -0.385 e. The van der Waals surface area contributed by atoms with E-state index in [1.807, 2.05) is 33.8 Å². The van der Waals surface area contributed by atoms with Gasteiger partial charge in [-0.25, -0.2) is 8.42 Å². The van der Waals surface area contributed by atoms with Gasteiger partial charge in [-0.2, -0.15) is 4.31 Å². The van der Waals surface area contributed by atoms with Gasteiger partial charge in [0, 0.05) is 24.8 Å². The van der Waals surface area contributed by atoms with E-state index in [4.69, 9.17) is 0 Å². The highest BCUT2D eigenvalue weighted by molar-refractivity contribution is 7.89. The van der Waals surface area contributed by atoms with E-state index in [2.05, 4.69) is 5.32 Å². The quantitative estimate of drug-likeness (QED) is 0.929. The van der Waals surface area contributed by atoms with E-state index < -0.39 is 10.0 Å². The molecule has 1 aliphatic heterocycles. The molecule has 0 saturated heterocycles. The Balaban J connectivity index is 2.58. The zero-order valence-electron chi connectivity index (χ0n) is 12.7. The molecule has 2 rings (SSSR count). The molecule has 0 aromatic heterocycles. The van der Waals surface area contributed by atoms with Crippen molar-refractivity contribution in [3.63, 3.8) is 0 Å². The van der Waals surface area contributed by atoms with E-state index in [1.165, 1.54) is 0 Å². The van der Waals surface area contributed by atoms with Crippen LogP contribution in [0.15, 0.2) is 17.0 Å². The number of nitrogens with one attached hydrogen (secondary N) is 1. The molecular weight excluding hydrogens is 272 g/mol. The molecule has 4 nitrogen and oxygen atoms in total. The second-order valence-electron chi connectivity index (χ2n) is 5.57. The summed E-state index contributed by atoms with van der Waals surface area (Å²) in [6.45, 7) is 9.15. The molecule has 0 aliphatic carbocycles. The molecule has 0 fully saturated rings. The van der Waals surface area contributed by atoms with Crippen molar-refractivity contribution in [2.24, 2.45) is 0 Å². The highest BCUT2D eigenvalue weighted by Crippen LogP contribution is 2.33. The van der Waals surface area contributed by atoms with E-state index >= 15 is 0 Å². The Kier molecular flexibility index (Phi) is 4.39. The molecule has 0 amide bonds. The summed E-state index contributed by atoms with van der Waals surface area (Å²) < 4.78 is 27.3. The van der Waals surface area contributed by atoms with Gasteiger partial charge in [0.1, 0.15) is 0 Å². The molecule has 0 radical (unpaired) electrons. The second kappa shape index (κ2) is 5.74. The van der Waals surface area contributed by atoms with Crippen LogP contribution in [0.2, 0.25) is 0 Å². The lowest BCUT2D eigenvalue weighted by atomic mass is 10.00. The van der Waals surface area contributed by atoms with E-state index in [1.54, 1.807) is 10.4 Å². The number of benzene rings is 1. The fraction of sp³-hybridized carbons (Fsp3) is 0.600. The highest BCUT2D eigenvalue weighted by Gasteiger charge is 2.30. The standard InChI is InChI=1S/C15H24N2O2S/c1-5-17(11(2)3)20(18,19)14-9-8-12(4)15-13(14)7-6-10-16-15/h8-9,11,16H,5-7,10H2,1-4H3. The molecule has 112 valence electrons. The average Bonchev–Trinajstić information content (AvgIpc) is 2.39. The fourth-order valence-electron chi connectivity index (χ4n) is 2.90. The van der Waals surface area contributed by atoms with E-state index in [-0.39, 0.29) is 6.04 Å². The predicted octanol–water partition coefficient (Wildman–Crippen LogP) is 2.77. The number of nitrogens with zero attached hydrogens (tertiary/aromatic N) is 1. The summed E-state index contributed by atoms with van der Waals surface area (Å²) in [6.07, 6.45) is 1.81. The number of aryl methyl sites for hydroxylation is 1. The number of hydrogen-bond donors (Lipinski definition) is 1. The number of fused-ring (bicyclic) bond motifs is 1. The largest absolute Gasteiger partial charge is 0.385 e. The van der Waals surface area contributed by atoms with E-state index in [9.17, 15) is 8.42 Å². The minimum absolute atomic E-state index is 0.0292. The summed E-state index contributed by atoms with van der Waals surface area (Å²) in [5.41, 5.74) is 3.08. The van der Waals surface area contributed by atoms with Gasteiger partial charge in [-0.05, 0) is 50.8 Å². The van der Waals surface area contributed by atoms with Gasteiger partial charge >= 0.3 is 0 Å². The molecular formula is C15H24N2O2S.